The molecular formula is C39H31N5. The number of allylic oxidation sites excluding steroid dienone is 6. The lowest BCUT2D eigenvalue weighted by Crippen LogP contribution is -2.27. The Morgan fingerprint density at radius 2 is 1.57 bits per heavy atom. The van der Waals surface area contributed by atoms with Crippen molar-refractivity contribution in [1.82, 2.24) is 19.9 Å². The molecule has 0 N–H and O–H groups in total. The van der Waals surface area contributed by atoms with Crippen LogP contribution in [0.1, 0.15) is 42.3 Å². The van der Waals surface area contributed by atoms with Gasteiger partial charge in [-0.25, -0.2) is 15.0 Å². The van der Waals surface area contributed by atoms with Crippen LogP contribution in [-0.4, -0.2) is 26.4 Å². The summed E-state index contributed by atoms with van der Waals surface area (Å²) in [6.45, 7) is 5.57. The van der Waals surface area contributed by atoms with E-state index in [2.05, 4.69) is 144 Å². The van der Waals surface area contributed by atoms with E-state index in [9.17, 15) is 0 Å². The van der Waals surface area contributed by atoms with E-state index in [4.69, 9.17) is 9.97 Å². The lowest BCUT2D eigenvalue weighted by atomic mass is 9.74. The number of benzene rings is 4. The molecule has 44 heavy (non-hydrogen) atoms. The predicted molar refractivity (Wildman–Crippen MR) is 178 cm³/mol. The summed E-state index contributed by atoms with van der Waals surface area (Å²) in [7, 11) is 0. The van der Waals surface area contributed by atoms with Gasteiger partial charge in [-0.15, -0.1) is 0 Å². The molecule has 0 spiro atoms. The third kappa shape index (κ3) is 3.50. The van der Waals surface area contributed by atoms with Crippen LogP contribution in [0.15, 0.2) is 134 Å². The zero-order chi connectivity index (χ0) is 29.4. The minimum atomic E-state index is 0.00839. The number of nitrogens with zero attached hydrogens (tertiary/aromatic N) is 5. The van der Waals surface area contributed by atoms with E-state index in [1.54, 1.807) is 12.7 Å². The highest BCUT2D eigenvalue weighted by molar-refractivity contribution is 6.15. The Morgan fingerprint density at radius 3 is 2.43 bits per heavy atom. The zero-order valence-electron chi connectivity index (χ0n) is 24.7. The molecule has 3 heterocycles. The van der Waals surface area contributed by atoms with Crippen molar-refractivity contribution in [2.24, 2.45) is 5.92 Å². The molecule has 0 amide bonds. The molecule has 2 atom stereocenters. The first-order valence-corrected chi connectivity index (χ1v) is 15.3. The van der Waals surface area contributed by atoms with Gasteiger partial charge in [0, 0.05) is 23.7 Å². The van der Waals surface area contributed by atoms with E-state index < -0.39 is 0 Å². The zero-order valence-corrected chi connectivity index (χ0v) is 24.7. The maximum atomic E-state index is 4.75. The highest BCUT2D eigenvalue weighted by Crippen LogP contribution is 2.55. The molecule has 1 aromatic heterocycles. The van der Waals surface area contributed by atoms with Crippen LogP contribution in [0.2, 0.25) is 0 Å². The summed E-state index contributed by atoms with van der Waals surface area (Å²) in [6, 6.07) is 26.7. The van der Waals surface area contributed by atoms with E-state index in [0.717, 1.165) is 29.4 Å². The molecule has 2 aliphatic carbocycles. The fourth-order valence-electron chi connectivity index (χ4n) is 7.91. The van der Waals surface area contributed by atoms with Gasteiger partial charge in [0.1, 0.15) is 24.2 Å². The molecule has 0 bridgehead atoms. The number of aromatic nitrogens is 3. The molecule has 2 aliphatic heterocycles. The van der Waals surface area contributed by atoms with Crippen LogP contribution in [-0.2, 0) is 5.41 Å². The monoisotopic (exact) mass is 569 g/mol. The van der Waals surface area contributed by atoms with E-state index >= 15 is 0 Å². The van der Waals surface area contributed by atoms with Crippen LogP contribution in [0.25, 0.3) is 32.9 Å². The molecule has 2 unspecified atom stereocenters. The third-order valence-corrected chi connectivity index (χ3v) is 9.90. The Kier molecular flexibility index (Phi) is 5.36. The Bertz CT molecular complexity index is 2140. The van der Waals surface area contributed by atoms with Crippen molar-refractivity contribution in [2.75, 3.05) is 11.4 Å². The first kappa shape index (κ1) is 25.2. The first-order valence-electron chi connectivity index (χ1n) is 15.3. The van der Waals surface area contributed by atoms with Gasteiger partial charge in [0.15, 0.2) is 5.82 Å². The van der Waals surface area contributed by atoms with Crippen LogP contribution in [0, 0.1) is 5.92 Å². The second-order valence-electron chi connectivity index (χ2n) is 12.6. The SMILES string of the molecule is CC1(C)c2cc3c(C4=C(c5ncncn5)N(c5ccccc5)C5=CC=CCN54)c4ccccc4cc3cc2C2C=CC=CC21. The Balaban J connectivity index is 1.43. The highest BCUT2D eigenvalue weighted by atomic mass is 15.4. The highest BCUT2D eigenvalue weighted by Gasteiger charge is 2.45. The molecule has 9 rings (SSSR count). The van der Waals surface area contributed by atoms with E-state index in [-0.39, 0.29) is 5.41 Å². The number of hydrogen-bond acceptors (Lipinski definition) is 5. The van der Waals surface area contributed by atoms with Crippen LogP contribution in [0.4, 0.5) is 5.69 Å². The van der Waals surface area contributed by atoms with Gasteiger partial charge in [0.2, 0.25) is 0 Å². The molecule has 0 fully saturated rings. The summed E-state index contributed by atoms with van der Waals surface area (Å²) < 4.78 is 0. The minimum absolute atomic E-state index is 0.00839. The van der Waals surface area contributed by atoms with Crippen LogP contribution >= 0.6 is 0 Å². The fraction of sp³-hybridized carbons (Fsp3) is 0.154. The summed E-state index contributed by atoms with van der Waals surface area (Å²) in [4.78, 5) is 18.4. The molecule has 5 heteroatoms. The second kappa shape index (κ2) is 9.35. The van der Waals surface area contributed by atoms with Gasteiger partial charge < -0.3 is 4.90 Å². The first-order chi connectivity index (χ1) is 21.6. The van der Waals surface area contributed by atoms with E-state index in [1.165, 1.54) is 38.2 Å². The molecule has 4 aliphatic rings. The third-order valence-electron chi connectivity index (χ3n) is 9.90. The average Bonchev–Trinajstić information content (AvgIpc) is 3.52. The smallest absolute Gasteiger partial charge is 0.181 e. The summed E-state index contributed by atoms with van der Waals surface area (Å²) in [6.07, 6.45) is 19.0. The van der Waals surface area contributed by atoms with Crippen molar-refractivity contribution in [3.63, 3.8) is 0 Å². The topological polar surface area (TPSA) is 45.2 Å². The van der Waals surface area contributed by atoms with Crippen LogP contribution < -0.4 is 4.90 Å². The molecule has 0 saturated carbocycles. The average molecular weight is 570 g/mol. The van der Waals surface area contributed by atoms with Gasteiger partial charge in [-0.1, -0.05) is 98.8 Å². The van der Waals surface area contributed by atoms with Gasteiger partial charge >= 0.3 is 0 Å². The van der Waals surface area contributed by atoms with Crippen molar-refractivity contribution < 1.29 is 0 Å². The number of para-hydroxylation sites is 1. The molecule has 5 nitrogen and oxygen atoms in total. The molecule has 5 aromatic rings. The van der Waals surface area contributed by atoms with Gasteiger partial charge in [0.05, 0.1) is 5.70 Å². The van der Waals surface area contributed by atoms with E-state index in [0.29, 0.717) is 17.7 Å². The van der Waals surface area contributed by atoms with Crippen molar-refractivity contribution >= 4 is 38.6 Å². The Labute approximate surface area is 256 Å². The van der Waals surface area contributed by atoms with Crippen LogP contribution in [0.3, 0.4) is 0 Å². The second-order valence-corrected chi connectivity index (χ2v) is 12.6. The van der Waals surface area contributed by atoms with E-state index in [1.807, 2.05) is 0 Å². The number of anilines is 1. The van der Waals surface area contributed by atoms with Gasteiger partial charge in [-0.3, -0.25) is 4.90 Å². The number of fused-ring (bicyclic) bond motifs is 6. The summed E-state index contributed by atoms with van der Waals surface area (Å²) in [5, 5.41) is 4.96. The fourth-order valence-corrected chi connectivity index (χ4v) is 7.91. The van der Waals surface area contributed by atoms with Gasteiger partial charge in [-0.2, -0.15) is 0 Å². The normalized spacial score (nSPS) is 21.2. The summed E-state index contributed by atoms with van der Waals surface area (Å²) in [5.74, 6) is 2.58. The molecule has 0 saturated heterocycles. The quantitative estimate of drug-likeness (QED) is 0.204. The lowest BCUT2D eigenvalue weighted by molar-refractivity contribution is 0.394. The molecular weight excluding hydrogens is 538 g/mol. The van der Waals surface area contributed by atoms with Gasteiger partial charge in [-0.05, 0) is 74.3 Å². The van der Waals surface area contributed by atoms with Crippen molar-refractivity contribution in [3.8, 4) is 0 Å². The molecule has 0 radical (unpaired) electrons. The van der Waals surface area contributed by atoms with Crippen molar-refractivity contribution in [1.29, 1.82) is 0 Å². The maximum Gasteiger partial charge on any atom is 0.181 e. The number of hydrogen-bond donors (Lipinski definition) is 0. The van der Waals surface area contributed by atoms with Gasteiger partial charge in [0.25, 0.3) is 0 Å². The lowest BCUT2D eigenvalue weighted by Gasteiger charge is -2.30. The minimum Gasteiger partial charge on any atom is -0.321 e. The van der Waals surface area contributed by atoms with Crippen molar-refractivity contribution in [3.05, 3.63) is 156 Å². The molecule has 212 valence electrons. The van der Waals surface area contributed by atoms with Crippen molar-refractivity contribution in [2.45, 2.75) is 25.2 Å². The Morgan fingerprint density at radius 1 is 0.773 bits per heavy atom. The maximum absolute atomic E-state index is 4.75. The summed E-state index contributed by atoms with van der Waals surface area (Å²) >= 11 is 0. The number of rotatable bonds is 3. The summed E-state index contributed by atoms with van der Waals surface area (Å²) in [5.41, 5.74) is 7.25. The standard InChI is InChI=1S/C39H31N5/c1-39(2)32-17-9-8-16-29(32)31-21-26-20-25-12-6-7-15-28(25)35(30(26)22-33(31)39)36-37(38-41-23-40-24-42-38)44(27-13-4-3-5-14-27)34-18-10-11-19-43(34)36/h3-18,20-24,29,32H,19H2,1-2H3. The van der Waals surface area contributed by atoms with Crippen LogP contribution in [0.5, 0.6) is 0 Å². The predicted octanol–water partition coefficient (Wildman–Crippen LogP) is 8.35. The Hall–Kier alpha value is -5.29. The molecule has 4 aromatic carbocycles. The largest absolute Gasteiger partial charge is 0.321 e.